The first-order valence-corrected chi connectivity index (χ1v) is 25.6. The summed E-state index contributed by atoms with van der Waals surface area (Å²) in [5, 5.41) is 2.04. The summed E-state index contributed by atoms with van der Waals surface area (Å²) in [6, 6.07) is 16.1. The molecule has 6 rings (SSSR count). The number of rotatable bonds is 16. The third-order valence-electron chi connectivity index (χ3n) is 12.1. The molecule has 0 unspecified atom stereocenters. The third-order valence-corrected chi connectivity index (χ3v) is 14.6. The van der Waals surface area contributed by atoms with Crippen LogP contribution in [0.4, 0.5) is 11.4 Å². The minimum absolute atomic E-state index is 0.00760. The van der Waals surface area contributed by atoms with E-state index in [1.807, 2.05) is 73.4 Å². The summed E-state index contributed by atoms with van der Waals surface area (Å²) < 4.78 is 113. The van der Waals surface area contributed by atoms with Gasteiger partial charge in [-0.15, -0.1) is 0 Å². The Kier molecular flexibility index (Phi) is 13.7. The predicted octanol–water partition coefficient (Wildman–Crippen LogP) is 7.02. The molecule has 3 aliphatic rings. The molecule has 18 heteroatoms. The van der Waals surface area contributed by atoms with E-state index in [1.165, 1.54) is 18.2 Å². The van der Waals surface area contributed by atoms with E-state index in [9.17, 15) is 48.5 Å². The van der Waals surface area contributed by atoms with Gasteiger partial charge in [-0.05, 0) is 98.7 Å². The Morgan fingerprint density at radius 1 is 0.781 bits per heavy atom. The van der Waals surface area contributed by atoms with Crippen molar-refractivity contribution in [3.05, 3.63) is 113 Å². The molecule has 2 aliphatic heterocycles. The average Bonchev–Trinajstić information content (AvgIpc) is 3.55. The van der Waals surface area contributed by atoms with Gasteiger partial charge in [0, 0.05) is 47.5 Å². The second-order valence-electron chi connectivity index (χ2n) is 17.3. The highest BCUT2D eigenvalue weighted by Crippen LogP contribution is 2.51. The van der Waals surface area contributed by atoms with Gasteiger partial charge in [0.2, 0.25) is 5.69 Å². The number of benzene rings is 3. The van der Waals surface area contributed by atoms with Crippen molar-refractivity contribution in [3.8, 4) is 0 Å². The molecule has 0 spiro atoms. The number of carbonyl (C=O) groups excluding carboxylic acids is 2. The highest BCUT2D eigenvalue weighted by Gasteiger charge is 2.52. The quantitative estimate of drug-likeness (QED) is 0.0569. The van der Waals surface area contributed by atoms with Gasteiger partial charge < -0.3 is 14.4 Å². The minimum Gasteiger partial charge on any atom is -0.465 e. The molecule has 0 radical (unpaired) electrons. The van der Waals surface area contributed by atoms with Crippen molar-refractivity contribution in [3.63, 3.8) is 0 Å². The Morgan fingerprint density at radius 3 is 2.05 bits per heavy atom. The molecule has 0 bridgehead atoms. The second-order valence-corrected chi connectivity index (χ2v) is 21.8. The highest BCUT2D eigenvalue weighted by molar-refractivity contribution is 7.86. The fraction of sp³-hybridized carbons (Fsp3) is 0.413. The van der Waals surface area contributed by atoms with Crippen molar-refractivity contribution in [1.29, 1.82) is 0 Å². The van der Waals surface area contributed by atoms with Gasteiger partial charge in [-0.2, -0.15) is 29.8 Å². The van der Waals surface area contributed by atoms with Gasteiger partial charge in [-0.1, -0.05) is 62.4 Å². The standard InChI is InChI=1S/C46H54N2O13S3/c1-7-60-42(49)46(43(50)61-8-2)29-31(15-21-39-44(3,4)36-28-34(64(57,58)59)18-20-37(36)47(39)23-11-25-62(51,52)53)27-32(30-46)16-22-40-45(5,6)41-35-14-10-9-13-33(35)17-19-38(41)48(40)24-12-26-63(54,55)56/h9-10,13-22,27-28H,7-8,11-12,23-26,29-30H2,1-6H3,(H2-,51,52,53,54,55,56,57,58,59)/p+1. The molecule has 3 aromatic carbocycles. The van der Waals surface area contributed by atoms with Crippen LogP contribution < -0.4 is 4.90 Å². The number of hydrogen-bond acceptors (Lipinski definition) is 11. The zero-order chi connectivity index (χ0) is 47.0. The van der Waals surface area contributed by atoms with Crippen LogP contribution in [-0.2, 0) is 60.2 Å². The van der Waals surface area contributed by atoms with Crippen LogP contribution in [0.5, 0.6) is 0 Å². The van der Waals surface area contributed by atoms with Crippen LogP contribution in [0.1, 0.15) is 78.4 Å². The van der Waals surface area contributed by atoms with Crippen molar-refractivity contribution < 1.29 is 62.5 Å². The molecule has 3 N–H and O–H groups in total. The van der Waals surface area contributed by atoms with E-state index in [-0.39, 0.29) is 56.9 Å². The molecule has 0 aromatic heterocycles. The van der Waals surface area contributed by atoms with Crippen molar-refractivity contribution in [2.75, 3.05) is 42.7 Å². The molecular formula is C46H55N2O13S3+. The fourth-order valence-corrected chi connectivity index (χ4v) is 10.7. The molecule has 3 aromatic rings. The van der Waals surface area contributed by atoms with Crippen LogP contribution >= 0.6 is 0 Å². The molecule has 0 saturated heterocycles. The van der Waals surface area contributed by atoms with E-state index < -0.39 is 70.0 Å². The molecule has 2 heterocycles. The summed E-state index contributed by atoms with van der Waals surface area (Å²) >= 11 is 0. The predicted molar refractivity (Wildman–Crippen MR) is 244 cm³/mol. The Bertz CT molecular complexity index is 2870. The Hall–Kier alpha value is -4.98. The molecule has 344 valence electrons. The van der Waals surface area contributed by atoms with Gasteiger partial charge in [-0.3, -0.25) is 23.2 Å². The van der Waals surface area contributed by atoms with Crippen molar-refractivity contribution in [2.24, 2.45) is 5.41 Å². The number of allylic oxidation sites excluding steroid dienone is 8. The Balaban J connectivity index is 1.51. The van der Waals surface area contributed by atoms with E-state index in [0.717, 1.165) is 27.7 Å². The highest BCUT2D eigenvalue weighted by atomic mass is 32.2. The molecule has 0 atom stereocenters. The topological polar surface area (TPSA) is 222 Å². The van der Waals surface area contributed by atoms with Gasteiger partial charge in [0.25, 0.3) is 30.4 Å². The van der Waals surface area contributed by atoms with Crippen LogP contribution in [0.25, 0.3) is 10.8 Å². The number of ether oxygens (including phenoxy) is 2. The lowest BCUT2D eigenvalue weighted by Crippen LogP contribution is -2.44. The lowest BCUT2D eigenvalue weighted by molar-refractivity contribution is -0.437. The van der Waals surface area contributed by atoms with E-state index >= 15 is 0 Å². The van der Waals surface area contributed by atoms with Gasteiger partial charge in [-0.25, -0.2) is 0 Å². The van der Waals surface area contributed by atoms with Gasteiger partial charge in [0.1, 0.15) is 6.54 Å². The van der Waals surface area contributed by atoms with Crippen LogP contribution in [-0.4, -0.2) is 98.9 Å². The molecular weight excluding hydrogens is 885 g/mol. The summed E-state index contributed by atoms with van der Waals surface area (Å²) in [6.45, 7) is 11.4. The SMILES string of the molecule is CCOC(=O)C1(C(=O)OCC)CC(/C=C/C2=[N+](CCCS(=O)(=O)O)c3ccc(S(=O)(=O)O)cc3C2(C)C)=CC(=C/C=C2/N(CCCS(=O)(=O)O)c3ccc4ccccc4c3C2(C)C)/C1. The number of nitrogens with zero attached hydrogens (tertiary/aromatic N) is 2. The molecule has 0 saturated carbocycles. The maximum absolute atomic E-state index is 14.0. The lowest BCUT2D eigenvalue weighted by atomic mass is 9.71. The van der Waals surface area contributed by atoms with E-state index in [4.69, 9.17) is 9.47 Å². The van der Waals surface area contributed by atoms with E-state index in [2.05, 4.69) is 13.8 Å². The number of hydrogen-bond donors (Lipinski definition) is 3. The van der Waals surface area contributed by atoms with Crippen LogP contribution in [0.3, 0.4) is 0 Å². The summed E-state index contributed by atoms with van der Waals surface area (Å²) in [6.07, 6.45) is 9.00. The normalized spacial score (nSPS) is 19.3. The Labute approximate surface area is 375 Å². The maximum Gasteiger partial charge on any atom is 0.324 e. The first kappa shape index (κ1) is 48.5. The number of esters is 2. The van der Waals surface area contributed by atoms with Crippen LogP contribution in [0.15, 0.2) is 107 Å². The Morgan fingerprint density at radius 2 is 1.42 bits per heavy atom. The average molecular weight is 940 g/mol. The zero-order valence-electron chi connectivity index (χ0n) is 36.7. The summed E-state index contributed by atoms with van der Waals surface area (Å²) in [5.74, 6) is -2.53. The van der Waals surface area contributed by atoms with Gasteiger partial charge in [0.15, 0.2) is 11.1 Å². The van der Waals surface area contributed by atoms with Gasteiger partial charge in [0.05, 0.1) is 35.0 Å². The molecule has 0 amide bonds. The monoisotopic (exact) mass is 939 g/mol. The largest absolute Gasteiger partial charge is 0.465 e. The number of carbonyl (C=O) groups is 2. The van der Waals surface area contributed by atoms with E-state index in [1.54, 1.807) is 30.6 Å². The van der Waals surface area contributed by atoms with Crippen LogP contribution in [0.2, 0.25) is 0 Å². The fourth-order valence-electron chi connectivity index (χ4n) is 9.24. The molecule has 1 aliphatic carbocycles. The van der Waals surface area contributed by atoms with Crippen molar-refractivity contribution in [1.82, 2.24) is 0 Å². The maximum atomic E-state index is 14.0. The summed E-state index contributed by atoms with van der Waals surface area (Å²) in [5.41, 5.74) is 2.13. The first-order chi connectivity index (χ1) is 29.8. The second kappa shape index (κ2) is 18.1. The first-order valence-electron chi connectivity index (χ1n) is 21.0. The van der Waals surface area contributed by atoms with Crippen molar-refractivity contribution in [2.45, 2.75) is 83.0 Å². The summed E-state index contributed by atoms with van der Waals surface area (Å²) in [4.78, 5) is 29.8. The van der Waals surface area contributed by atoms with Gasteiger partial charge >= 0.3 is 11.9 Å². The van der Waals surface area contributed by atoms with Crippen molar-refractivity contribution >= 4 is 70.2 Å². The molecule has 0 fully saturated rings. The minimum atomic E-state index is -4.58. The van der Waals surface area contributed by atoms with Crippen LogP contribution in [0, 0.1) is 5.41 Å². The number of anilines is 1. The zero-order valence-corrected chi connectivity index (χ0v) is 39.1. The smallest absolute Gasteiger partial charge is 0.324 e. The third kappa shape index (κ3) is 9.96. The molecule has 64 heavy (non-hydrogen) atoms. The van der Waals surface area contributed by atoms with E-state index in [0.29, 0.717) is 28.1 Å². The summed E-state index contributed by atoms with van der Waals surface area (Å²) in [7, 11) is -13.1. The number of fused-ring (bicyclic) bond motifs is 4. The lowest BCUT2D eigenvalue weighted by Gasteiger charge is -2.33. The molecule has 15 nitrogen and oxygen atoms in total.